The number of carboxylic acid groups (broad SMARTS) is 2. The fourth-order valence-electron chi connectivity index (χ4n) is 3.76. The van der Waals surface area contributed by atoms with Gasteiger partial charge in [-0.3, -0.25) is 0 Å². The molecule has 2 aliphatic rings. The lowest BCUT2D eigenvalue weighted by Crippen LogP contribution is -2.70. The average molecular weight is 409 g/mol. The van der Waals surface area contributed by atoms with Crippen molar-refractivity contribution in [2.24, 2.45) is 0 Å². The second kappa shape index (κ2) is 6.53. The van der Waals surface area contributed by atoms with E-state index in [-0.39, 0.29) is 22.9 Å². The molecule has 2 heterocycles. The van der Waals surface area contributed by atoms with Crippen LogP contribution >= 0.6 is 0 Å². The van der Waals surface area contributed by atoms with Crippen LogP contribution in [0.4, 0.5) is 11.4 Å². The Bertz CT molecular complexity index is 1040. The van der Waals surface area contributed by atoms with Gasteiger partial charge < -0.3 is 31.1 Å². The molecule has 0 amide bonds. The minimum atomic E-state index is -2.02. The quantitative estimate of drug-likeness (QED) is 0.419. The summed E-state index contributed by atoms with van der Waals surface area (Å²) in [6, 6.07) is 9.40. The van der Waals surface area contributed by atoms with Gasteiger partial charge in [0.1, 0.15) is 11.5 Å². The summed E-state index contributed by atoms with van der Waals surface area (Å²) in [5.74, 6) is -3.10. The van der Waals surface area contributed by atoms with Crippen molar-refractivity contribution in [3.8, 4) is 11.5 Å². The van der Waals surface area contributed by atoms with E-state index in [1.807, 2.05) is 0 Å². The SMILES string of the molecule is CN(C1(C(=O)O)C=Cc2cccc(O)c2N1)C1(C(=O)O)C=Cc2cccc(O)c2N1. The molecule has 2 aliphatic heterocycles. The van der Waals surface area contributed by atoms with E-state index in [4.69, 9.17) is 0 Å². The van der Waals surface area contributed by atoms with Crippen LogP contribution in [0.3, 0.4) is 0 Å². The number of hydrogen-bond acceptors (Lipinski definition) is 7. The number of aliphatic carboxylic acids is 2. The second-order valence-electron chi connectivity index (χ2n) is 7.10. The van der Waals surface area contributed by atoms with Crippen molar-refractivity contribution in [2.75, 3.05) is 17.7 Å². The number of benzene rings is 2. The van der Waals surface area contributed by atoms with Crippen LogP contribution in [0.15, 0.2) is 48.6 Å². The average Bonchev–Trinajstić information content (AvgIpc) is 2.73. The monoisotopic (exact) mass is 409 g/mol. The molecule has 2 unspecified atom stereocenters. The molecule has 0 bridgehead atoms. The molecule has 4 rings (SSSR count). The molecule has 0 spiro atoms. The van der Waals surface area contributed by atoms with Crippen molar-refractivity contribution in [3.63, 3.8) is 0 Å². The highest BCUT2D eigenvalue weighted by atomic mass is 16.4. The first-order chi connectivity index (χ1) is 14.2. The molecule has 0 aliphatic carbocycles. The zero-order valence-electron chi connectivity index (χ0n) is 15.8. The maximum Gasteiger partial charge on any atom is 0.349 e. The molecule has 0 fully saturated rings. The highest BCUT2D eigenvalue weighted by molar-refractivity contribution is 5.96. The van der Waals surface area contributed by atoms with Crippen LogP contribution in [0.2, 0.25) is 0 Å². The normalized spacial score (nSPS) is 23.8. The predicted molar refractivity (Wildman–Crippen MR) is 110 cm³/mol. The minimum Gasteiger partial charge on any atom is -0.506 e. The Hall–Kier alpha value is -3.98. The van der Waals surface area contributed by atoms with Crippen molar-refractivity contribution < 1.29 is 30.0 Å². The van der Waals surface area contributed by atoms with Gasteiger partial charge in [0.2, 0.25) is 11.3 Å². The molecule has 0 saturated heterocycles. The van der Waals surface area contributed by atoms with E-state index in [1.165, 1.54) is 43.5 Å². The van der Waals surface area contributed by atoms with Gasteiger partial charge in [-0.05, 0) is 31.3 Å². The number of fused-ring (bicyclic) bond motifs is 2. The van der Waals surface area contributed by atoms with Gasteiger partial charge in [0.05, 0.1) is 11.4 Å². The Kier molecular flexibility index (Phi) is 4.21. The molecule has 2 atom stereocenters. The van der Waals surface area contributed by atoms with Crippen molar-refractivity contribution in [3.05, 3.63) is 59.7 Å². The Labute approximate surface area is 171 Å². The third-order valence-corrected chi connectivity index (χ3v) is 5.50. The molecule has 6 N–H and O–H groups in total. The molecule has 2 aromatic rings. The zero-order valence-corrected chi connectivity index (χ0v) is 15.8. The van der Waals surface area contributed by atoms with E-state index in [2.05, 4.69) is 10.6 Å². The van der Waals surface area contributed by atoms with E-state index in [0.29, 0.717) is 11.1 Å². The summed E-state index contributed by atoms with van der Waals surface area (Å²) in [5.41, 5.74) is -2.61. The van der Waals surface area contributed by atoms with Crippen LogP contribution in [-0.2, 0) is 9.59 Å². The smallest absolute Gasteiger partial charge is 0.349 e. The number of phenols is 2. The predicted octanol–water partition coefficient (Wildman–Crippen LogP) is 2.17. The van der Waals surface area contributed by atoms with E-state index in [9.17, 15) is 30.0 Å². The minimum absolute atomic E-state index is 0.165. The molecule has 154 valence electrons. The summed E-state index contributed by atoms with van der Waals surface area (Å²) in [5, 5.41) is 46.2. The molecule has 0 aromatic heterocycles. The van der Waals surface area contributed by atoms with E-state index >= 15 is 0 Å². The number of anilines is 2. The summed E-state index contributed by atoms with van der Waals surface area (Å²) < 4.78 is 0. The van der Waals surface area contributed by atoms with Crippen LogP contribution in [0.5, 0.6) is 11.5 Å². The van der Waals surface area contributed by atoms with Gasteiger partial charge in [-0.2, -0.15) is 0 Å². The standard InChI is InChI=1S/C21H19N3O6/c1-24(20(18(27)28)10-8-12-4-2-6-14(25)16(12)22-20)21(19(29)30)11-9-13-5-3-7-15(26)17(13)23-21/h2-11,22-23,25-26H,1H3,(H,27,28)(H,29,30). The first-order valence-electron chi connectivity index (χ1n) is 9.01. The number of rotatable bonds is 4. The van der Waals surface area contributed by atoms with Gasteiger partial charge in [-0.15, -0.1) is 0 Å². The third kappa shape index (κ3) is 2.60. The number of nitrogens with zero attached hydrogens (tertiary/aromatic N) is 1. The lowest BCUT2D eigenvalue weighted by molar-refractivity contribution is -0.155. The van der Waals surface area contributed by atoms with Crippen molar-refractivity contribution in [1.29, 1.82) is 0 Å². The van der Waals surface area contributed by atoms with Crippen molar-refractivity contribution >= 4 is 35.5 Å². The van der Waals surface area contributed by atoms with Crippen molar-refractivity contribution in [2.45, 2.75) is 11.3 Å². The number of carboxylic acids is 2. The maximum absolute atomic E-state index is 12.4. The molecule has 0 radical (unpaired) electrons. The molecular weight excluding hydrogens is 390 g/mol. The molecule has 2 aromatic carbocycles. The lowest BCUT2D eigenvalue weighted by atomic mass is 9.92. The third-order valence-electron chi connectivity index (χ3n) is 5.50. The summed E-state index contributed by atoms with van der Waals surface area (Å²) in [4.78, 5) is 25.9. The largest absolute Gasteiger partial charge is 0.506 e. The highest BCUT2D eigenvalue weighted by Gasteiger charge is 2.55. The van der Waals surface area contributed by atoms with Crippen molar-refractivity contribution in [1.82, 2.24) is 4.90 Å². The molecule has 0 saturated carbocycles. The van der Waals surface area contributed by atoms with Crippen LogP contribution in [0.25, 0.3) is 12.2 Å². The van der Waals surface area contributed by atoms with Crippen LogP contribution in [-0.4, -0.2) is 55.6 Å². The Morgan fingerprint density at radius 2 is 1.20 bits per heavy atom. The Morgan fingerprint density at radius 1 is 0.800 bits per heavy atom. The van der Waals surface area contributed by atoms with Gasteiger partial charge >= 0.3 is 11.9 Å². The number of aromatic hydroxyl groups is 2. The van der Waals surface area contributed by atoms with Crippen LogP contribution < -0.4 is 10.6 Å². The van der Waals surface area contributed by atoms with Gasteiger partial charge in [-0.1, -0.05) is 36.4 Å². The summed E-state index contributed by atoms with van der Waals surface area (Å²) >= 11 is 0. The fraction of sp³-hybridized carbons (Fsp3) is 0.143. The van der Waals surface area contributed by atoms with Gasteiger partial charge in [0, 0.05) is 11.1 Å². The molecule has 9 nitrogen and oxygen atoms in total. The number of para-hydroxylation sites is 2. The van der Waals surface area contributed by atoms with Gasteiger partial charge in [-0.25, -0.2) is 14.5 Å². The highest BCUT2D eigenvalue weighted by Crippen LogP contribution is 2.42. The summed E-state index contributed by atoms with van der Waals surface area (Å²) in [6.45, 7) is 0. The Balaban J connectivity index is 1.86. The molecule has 9 heteroatoms. The first kappa shape index (κ1) is 19.3. The zero-order chi connectivity index (χ0) is 21.7. The lowest BCUT2D eigenvalue weighted by Gasteiger charge is -2.48. The number of likely N-dealkylation sites (N-methyl/N-ethyl adjacent to an activating group) is 1. The topological polar surface area (TPSA) is 142 Å². The second-order valence-corrected chi connectivity index (χ2v) is 7.10. The first-order valence-corrected chi connectivity index (χ1v) is 9.01. The molecular formula is C21H19N3O6. The Morgan fingerprint density at radius 3 is 1.57 bits per heavy atom. The van der Waals surface area contributed by atoms with Gasteiger partial charge in [0.15, 0.2) is 0 Å². The van der Waals surface area contributed by atoms with Crippen LogP contribution in [0.1, 0.15) is 11.1 Å². The number of hydrogen-bond donors (Lipinski definition) is 6. The number of carbonyl (C=O) groups is 2. The van der Waals surface area contributed by atoms with E-state index < -0.39 is 23.3 Å². The maximum atomic E-state index is 12.4. The summed E-state index contributed by atoms with van der Waals surface area (Å²) in [6.07, 6.45) is 5.64. The molecule has 30 heavy (non-hydrogen) atoms. The van der Waals surface area contributed by atoms with E-state index in [1.54, 1.807) is 24.3 Å². The number of nitrogens with one attached hydrogen (secondary N) is 2. The fourth-order valence-corrected chi connectivity index (χ4v) is 3.76. The van der Waals surface area contributed by atoms with Crippen LogP contribution in [0, 0.1) is 0 Å². The van der Waals surface area contributed by atoms with E-state index in [0.717, 1.165) is 4.90 Å². The van der Waals surface area contributed by atoms with Gasteiger partial charge in [0.25, 0.3) is 0 Å². The summed E-state index contributed by atoms with van der Waals surface area (Å²) in [7, 11) is 1.33. The number of phenolic OH excluding ortho intramolecular Hbond substituents is 2.